The highest BCUT2D eigenvalue weighted by atomic mass is 35.5. The van der Waals surface area contributed by atoms with Gasteiger partial charge in [-0.25, -0.2) is 0 Å². The van der Waals surface area contributed by atoms with Crippen molar-refractivity contribution in [2.24, 2.45) is 0 Å². The Bertz CT molecular complexity index is 613. The van der Waals surface area contributed by atoms with E-state index in [4.69, 9.17) is 11.6 Å². The molecule has 98 valence electrons. The Kier molecular flexibility index (Phi) is 4.51. The maximum atomic E-state index is 12.1. The van der Waals surface area contributed by atoms with Gasteiger partial charge in [-0.3, -0.25) is 4.79 Å². The molecule has 0 atom stereocenters. The standard InChI is InChI=1S/C15H14ClNOS/c1-10-6-7-12(19)8-13(10)15(18)17-9-11-4-2-3-5-14(11)16/h2-8,19H,9H2,1H3,(H,17,18). The second-order valence-electron chi connectivity index (χ2n) is 4.27. The van der Waals surface area contributed by atoms with Crippen LogP contribution in [0.1, 0.15) is 21.5 Å². The Morgan fingerprint density at radius 3 is 2.74 bits per heavy atom. The van der Waals surface area contributed by atoms with Crippen LogP contribution in [0.15, 0.2) is 47.4 Å². The summed E-state index contributed by atoms with van der Waals surface area (Å²) in [5.74, 6) is -0.117. The van der Waals surface area contributed by atoms with Crippen LogP contribution in [0.25, 0.3) is 0 Å². The third-order valence-electron chi connectivity index (χ3n) is 2.86. The molecule has 0 aliphatic heterocycles. The molecule has 0 saturated carbocycles. The smallest absolute Gasteiger partial charge is 0.251 e. The second kappa shape index (κ2) is 6.13. The van der Waals surface area contributed by atoms with Gasteiger partial charge in [-0.05, 0) is 36.2 Å². The van der Waals surface area contributed by atoms with Crippen molar-refractivity contribution in [2.75, 3.05) is 0 Å². The molecule has 2 aromatic rings. The Hall–Kier alpha value is -1.45. The number of nitrogens with one attached hydrogen (secondary N) is 1. The Morgan fingerprint density at radius 1 is 1.26 bits per heavy atom. The SMILES string of the molecule is Cc1ccc(S)cc1C(=O)NCc1ccccc1Cl. The molecule has 0 aliphatic carbocycles. The summed E-state index contributed by atoms with van der Waals surface area (Å²) in [6.07, 6.45) is 0. The van der Waals surface area contributed by atoms with Crippen LogP contribution in [0, 0.1) is 6.92 Å². The molecule has 0 bridgehead atoms. The first-order valence-corrected chi connectivity index (χ1v) is 6.71. The molecule has 0 heterocycles. The summed E-state index contributed by atoms with van der Waals surface area (Å²) in [5, 5.41) is 3.52. The summed E-state index contributed by atoms with van der Waals surface area (Å²) in [4.78, 5) is 12.9. The summed E-state index contributed by atoms with van der Waals surface area (Å²) in [5.41, 5.74) is 2.46. The lowest BCUT2D eigenvalue weighted by molar-refractivity contribution is 0.0950. The maximum absolute atomic E-state index is 12.1. The fourth-order valence-corrected chi connectivity index (χ4v) is 2.17. The van der Waals surface area contributed by atoms with Crippen LogP contribution < -0.4 is 5.32 Å². The zero-order valence-electron chi connectivity index (χ0n) is 10.5. The molecule has 2 aromatic carbocycles. The van der Waals surface area contributed by atoms with Crippen molar-refractivity contribution >= 4 is 30.1 Å². The van der Waals surface area contributed by atoms with E-state index < -0.39 is 0 Å². The Morgan fingerprint density at radius 2 is 2.00 bits per heavy atom. The van der Waals surface area contributed by atoms with Crippen LogP contribution in [-0.4, -0.2) is 5.91 Å². The molecule has 2 rings (SSSR count). The van der Waals surface area contributed by atoms with Crippen LogP contribution in [-0.2, 0) is 6.54 Å². The molecule has 19 heavy (non-hydrogen) atoms. The van der Waals surface area contributed by atoms with E-state index in [-0.39, 0.29) is 5.91 Å². The quantitative estimate of drug-likeness (QED) is 0.826. The number of carbonyl (C=O) groups is 1. The van der Waals surface area contributed by atoms with Crippen LogP contribution in [0.3, 0.4) is 0 Å². The van der Waals surface area contributed by atoms with Crippen LogP contribution >= 0.6 is 24.2 Å². The minimum absolute atomic E-state index is 0.117. The number of aryl methyl sites for hydroxylation is 1. The topological polar surface area (TPSA) is 29.1 Å². The third-order valence-corrected chi connectivity index (χ3v) is 3.51. The largest absolute Gasteiger partial charge is 0.348 e. The molecule has 0 radical (unpaired) electrons. The van der Waals surface area contributed by atoms with Crippen molar-refractivity contribution in [1.82, 2.24) is 5.32 Å². The summed E-state index contributed by atoms with van der Waals surface area (Å²) in [6, 6.07) is 13.0. The van der Waals surface area contributed by atoms with Gasteiger partial charge in [-0.15, -0.1) is 12.6 Å². The van der Waals surface area contributed by atoms with Gasteiger partial charge >= 0.3 is 0 Å². The summed E-state index contributed by atoms with van der Waals surface area (Å²) in [7, 11) is 0. The van der Waals surface area contributed by atoms with Gasteiger partial charge in [0.15, 0.2) is 0 Å². The first-order chi connectivity index (χ1) is 9.08. The molecule has 0 spiro atoms. The van der Waals surface area contributed by atoms with E-state index in [1.54, 1.807) is 6.07 Å². The molecule has 0 fully saturated rings. The van der Waals surface area contributed by atoms with Crippen molar-refractivity contribution in [1.29, 1.82) is 0 Å². The highest BCUT2D eigenvalue weighted by Gasteiger charge is 2.09. The van der Waals surface area contributed by atoms with Crippen LogP contribution in [0.4, 0.5) is 0 Å². The molecule has 0 aliphatic rings. The average molecular weight is 292 g/mol. The van der Waals surface area contributed by atoms with Crippen molar-refractivity contribution in [2.45, 2.75) is 18.4 Å². The highest BCUT2D eigenvalue weighted by molar-refractivity contribution is 7.80. The van der Waals surface area contributed by atoms with Crippen molar-refractivity contribution < 1.29 is 4.79 Å². The molecule has 1 amide bonds. The van der Waals surface area contributed by atoms with E-state index in [0.29, 0.717) is 17.1 Å². The summed E-state index contributed by atoms with van der Waals surface area (Å²) >= 11 is 10.3. The van der Waals surface area contributed by atoms with Crippen LogP contribution in [0.2, 0.25) is 5.02 Å². The van der Waals surface area contributed by atoms with Gasteiger partial charge in [0.1, 0.15) is 0 Å². The van der Waals surface area contributed by atoms with Crippen molar-refractivity contribution in [3.05, 3.63) is 64.2 Å². The van der Waals surface area contributed by atoms with Gasteiger partial charge in [0.25, 0.3) is 5.91 Å². The molecular weight excluding hydrogens is 278 g/mol. The van der Waals surface area contributed by atoms with Gasteiger partial charge in [0.2, 0.25) is 0 Å². The molecule has 1 N–H and O–H groups in total. The van der Waals surface area contributed by atoms with E-state index in [9.17, 15) is 4.79 Å². The van der Waals surface area contributed by atoms with Crippen molar-refractivity contribution in [3.63, 3.8) is 0 Å². The number of rotatable bonds is 3. The monoisotopic (exact) mass is 291 g/mol. The van der Waals surface area contributed by atoms with E-state index in [1.807, 2.05) is 43.3 Å². The van der Waals surface area contributed by atoms with E-state index in [0.717, 1.165) is 16.0 Å². The Labute approximate surface area is 123 Å². The lowest BCUT2D eigenvalue weighted by atomic mass is 10.1. The number of carbonyl (C=O) groups excluding carboxylic acids is 1. The van der Waals surface area contributed by atoms with E-state index in [2.05, 4.69) is 17.9 Å². The number of hydrogen-bond donors (Lipinski definition) is 2. The van der Waals surface area contributed by atoms with E-state index in [1.165, 1.54) is 0 Å². The lowest BCUT2D eigenvalue weighted by Gasteiger charge is -2.09. The zero-order valence-corrected chi connectivity index (χ0v) is 12.1. The lowest BCUT2D eigenvalue weighted by Crippen LogP contribution is -2.23. The molecule has 4 heteroatoms. The van der Waals surface area contributed by atoms with Gasteiger partial charge in [-0.1, -0.05) is 35.9 Å². The average Bonchev–Trinajstić information content (AvgIpc) is 2.40. The first-order valence-electron chi connectivity index (χ1n) is 5.89. The van der Waals surface area contributed by atoms with Crippen molar-refractivity contribution in [3.8, 4) is 0 Å². The number of hydrogen-bond acceptors (Lipinski definition) is 2. The van der Waals surface area contributed by atoms with Gasteiger partial charge < -0.3 is 5.32 Å². The highest BCUT2D eigenvalue weighted by Crippen LogP contribution is 2.16. The molecular formula is C15H14ClNOS. The number of thiol groups is 1. The molecule has 0 aromatic heterocycles. The first kappa shape index (κ1) is 14.0. The molecule has 0 saturated heterocycles. The summed E-state index contributed by atoms with van der Waals surface area (Å²) < 4.78 is 0. The fraction of sp³-hybridized carbons (Fsp3) is 0.133. The third kappa shape index (κ3) is 3.52. The number of halogens is 1. The predicted molar refractivity (Wildman–Crippen MR) is 81.1 cm³/mol. The van der Waals surface area contributed by atoms with Gasteiger partial charge in [-0.2, -0.15) is 0 Å². The number of benzene rings is 2. The van der Waals surface area contributed by atoms with Gasteiger partial charge in [0, 0.05) is 22.0 Å². The normalized spacial score (nSPS) is 10.3. The summed E-state index contributed by atoms with van der Waals surface area (Å²) in [6.45, 7) is 2.31. The zero-order chi connectivity index (χ0) is 13.8. The molecule has 0 unspecified atom stereocenters. The van der Waals surface area contributed by atoms with Crippen LogP contribution in [0.5, 0.6) is 0 Å². The van der Waals surface area contributed by atoms with Gasteiger partial charge in [0.05, 0.1) is 0 Å². The fourth-order valence-electron chi connectivity index (χ4n) is 1.77. The minimum Gasteiger partial charge on any atom is -0.348 e. The number of amides is 1. The predicted octanol–water partition coefficient (Wildman–Crippen LogP) is 3.87. The Balaban J connectivity index is 2.10. The molecule has 2 nitrogen and oxygen atoms in total. The minimum atomic E-state index is -0.117. The van der Waals surface area contributed by atoms with E-state index >= 15 is 0 Å². The maximum Gasteiger partial charge on any atom is 0.251 e. The second-order valence-corrected chi connectivity index (χ2v) is 5.20.